The highest BCUT2D eigenvalue weighted by Gasteiger charge is 2.35. The summed E-state index contributed by atoms with van der Waals surface area (Å²) in [4.78, 5) is 17.0. The Morgan fingerprint density at radius 2 is 1.77 bits per heavy atom. The van der Waals surface area contributed by atoms with Gasteiger partial charge in [-0.1, -0.05) is 18.2 Å². The summed E-state index contributed by atoms with van der Waals surface area (Å²) in [6, 6.07) is 14.0. The molecule has 0 spiro atoms. The summed E-state index contributed by atoms with van der Waals surface area (Å²) in [5, 5.41) is 2.61. The van der Waals surface area contributed by atoms with Crippen LogP contribution in [0.2, 0.25) is 0 Å². The minimum Gasteiger partial charge on any atom is -0.496 e. The number of ether oxygens (including phenoxy) is 1. The molecule has 0 saturated heterocycles. The number of carbonyl (C=O) groups is 1. The molecule has 1 amide bonds. The second-order valence-corrected chi connectivity index (χ2v) is 7.04. The number of nitrogens with one attached hydrogen (secondary N) is 1. The van der Waals surface area contributed by atoms with E-state index >= 15 is 0 Å². The van der Waals surface area contributed by atoms with E-state index in [-0.39, 0.29) is 11.3 Å². The predicted molar refractivity (Wildman–Crippen MR) is 111 cm³/mol. The number of hydrogen-bond acceptors (Lipinski definition) is 3. The van der Waals surface area contributed by atoms with E-state index in [9.17, 15) is 18.0 Å². The molecule has 0 radical (unpaired) electrons. The third kappa shape index (κ3) is 4.23. The fourth-order valence-corrected chi connectivity index (χ4v) is 3.24. The van der Waals surface area contributed by atoms with E-state index in [0.717, 1.165) is 41.7 Å². The van der Waals surface area contributed by atoms with Gasteiger partial charge in [0.15, 0.2) is 0 Å². The standard InChI is InChI=1S/C23H18F3N3O2/c1-14-3-10-21-28-19(13-29(21)12-14)15-4-7-17(8-5-15)27-22(30)16-6-9-20(31-2)18(11-16)23(24,25)26/h3-13H,1-2H3,(H,27,30). The summed E-state index contributed by atoms with van der Waals surface area (Å²) in [7, 11) is 1.15. The lowest BCUT2D eigenvalue weighted by atomic mass is 10.1. The molecule has 0 aliphatic heterocycles. The number of rotatable bonds is 4. The SMILES string of the molecule is COc1ccc(C(=O)Nc2ccc(-c3cn4cc(C)ccc4n3)cc2)cc1C(F)(F)F. The van der Waals surface area contributed by atoms with Crippen LogP contribution < -0.4 is 10.1 Å². The van der Waals surface area contributed by atoms with E-state index in [1.807, 2.05) is 35.9 Å². The van der Waals surface area contributed by atoms with Gasteiger partial charge in [0.25, 0.3) is 5.91 Å². The Hall–Kier alpha value is -3.81. The smallest absolute Gasteiger partial charge is 0.419 e. The van der Waals surface area contributed by atoms with Crippen molar-refractivity contribution in [2.45, 2.75) is 13.1 Å². The van der Waals surface area contributed by atoms with Gasteiger partial charge < -0.3 is 14.5 Å². The van der Waals surface area contributed by atoms with Crippen molar-refractivity contribution in [3.8, 4) is 17.0 Å². The molecule has 0 fully saturated rings. The van der Waals surface area contributed by atoms with Crippen LogP contribution in [-0.2, 0) is 6.18 Å². The topological polar surface area (TPSA) is 55.6 Å². The van der Waals surface area contributed by atoms with Crippen molar-refractivity contribution in [3.63, 3.8) is 0 Å². The summed E-state index contributed by atoms with van der Waals surface area (Å²) < 4.78 is 46.3. The van der Waals surface area contributed by atoms with Crippen molar-refractivity contribution < 1.29 is 22.7 Å². The highest BCUT2D eigenvalue weighted by molar-refractivity contribution is 6.04. The molecule has 4 rings (SSSR count). The largest absolute Gasteiger partial charge is 0.496 e. The van der Waals surface area contributed by atoms with Gasteiger partial charge in [-0.2, -0.15) is 13.2 Å². The molecule has 2 aromatic carbocycles. The van der Waals surface area contributed by atoms with Gasteiger partial charge >= 0.3 is 6.18 Å². The minimum atomic E-state index is -4.63. The van der Waals surface area contributed by atoms with Crippen LogP contribution in [0.1, 0.15) is 21.5 Å². The molecule has 2 heterocycles. The van der Waals surface area contributed by atoms with Gasteiger partial charge in [0.1, 0.15) is 11.4 Å². The minimum absolute atomic E-state index is 0.118. The zero-order chi connectivity index (χ0) is 22.2. The molecular weight excluding hydrogens is 407 g/mol. The quantitative estimate of drug-likeness (QED) is 0.464. The predicted octanol–water partition coefficient (Wildman–Crippen LogP) is 5.59. The van der Waals surface area contributed by atoms with E-state index in [2.05, 4.69) is 10.3 Å². The molecule has 158 valence electrons. The number of hydrogen-bond donors (Lipinski definition) is 1. The van der Waals surface area contributed by atoms with Gasteiger partial charge in [-0.05, 0) is 48.9 Å². The van der Waals surface area contributed by atoms with Gasteiger partial charge in [-0.25, -0.2) is 4.98 Å². The molecule has 2 aromatic heterocycles. The number of carbonyl (C=O) groups excluding carboxylic acids is 1. The van der Waals surface area contributed by atoms with E-state index in [0.29, 0.717) is 5.69 Å². The molecule has 0 saturated carbocycles. The van der Waals surface area contributed by atoms with Crippen LogP contribution in [0.5, 0.6) is 5.75 Å². The van der Waals surface area contributed by atoms with Crippen LogP contribution in [0.15, 0.2) is 67.0 Å². The van der Waals surface area contributed by atoms with E-state index < -0.39 is 17.6 Å². The molecule has 0 unspecified atom stereocenters. The molecule has 1 N–H and O–H groups in total. The van der Waals surface area contributed by atoms with Gasteiger partial charge in [-0.15, -0.1) is 0 Å². The van der Waals surface area contributed by atoms with Crippen molar-refractivity contribution >= 4 is 17.2 Å². The number of benzene rings is 2. The number of nitrogens with zero attached hydrogens (tertiary/aromatic N) is 2. The fraction of sp³-hybridized carbons (Fsp3) is 0.130. The first-order valence-electron chi connectivity index (χ1n) is 9.37. The summed E-state index contributed by atoms with van der Waals surface area (Å²) in [5.41, 5.74) is 2.89. The number of alkyl halides is 3. The Morgan fingerprint density at radius 1 is 1.03 bits per heavy atom. The second kappa shape index (κ2) is 7.79. The third-order valence-corrected chi connectivity index (χ3v) is 4.80. The van der Waals surface area contributed by atoms with Gasteiger partial charge in [0.2, 0.25) is 0 Å². The number of aryl methyl sites for hydroxylation is 1. The number of anilines is 1. The molecule has 0 aliphatic carbocycles. The number of pyridine rings is 1. The first-order chi connectivity index (χ1) is 14.7. The van der Waals surface area contributed by atoms with Gasteiger partial charge in [0.05, 0.1) is 18.4 Å². The Labute approximate surface area is 176 Å². The highest BCUT2D eigenvalue weighted by Crippen LogP contribution is 2.36. The number of fused-ring (bicyclic) bond motifs is 1. The number of aromatic nitrogens is 2. The van der Waals surface area contributed by atoms with Crippen LogP contribution in [-0.4, -0.2) is 22.4 Å². The second-order valence-electron chi connectivity index (χ2n) is 7.04. The third-order valence-electron chi connectivity index (χ3n) is 4.80. The average molecular weight is 425 g/mol. The first kappa shape index (κ1) is 20.5. The van der Waals surface area contributed by atoms with Gasteiger partial charge in [0, 0.05) is 29.2 Å². The summed E-state index contributed by atoms with van der Waals surface area (Å²) in [6.07, 6.45) is -0.744. The summed E-state index contributed by atoms with van der Waals surface area (Å²) in [6.45, 7) is 2.00. The maximum atomic E-state index is 13.2. The molecule has 31 heavy (non-hydrogen) atoms. The zero-order valence-electron chi connectivity index (χ0n) is 16.7. The Morgan fingerprint density at radius 3 is 2.45 bits per heavy atom. The average Bonchev–Trinajstić information content (AvgIpc) is 3.16. The van der Waals surface area contributed by atoms with Crippen molar-refractivity contribution in [1.29, 1.82) is 0 Å². The molecule has 0 aliphatic rings. The Kier molecular flexibility index (Phi) is 5.14. The first-order valence-corrected chi connectivity index (χ1v) is 9.37. The monoisotopic (exact) mass is 425 g/mol. The molecule has 0 bridgehead atoms. The number of imidazole rings is 1. The molecular formula is C23H18F3N3O2. The lowest BCUT2D eigenvalue weighted by molar-refractivity contribution is -0.138. The van der Waals surface area contributed by atoms with Crippen molar-refractivity contribution in [2.75, 3.05) is 12.4 Å². The van der Waals surface area contributed by atoms with Crippen molar-refractivity contribution in [2.24, 2.45) is 0 Å². The van der Waals surface area contributed by atoms with Crippen LogP contribution in [0.25, 0.3) is 16.9 Å². The van der Waals surface area contributed by atoms with E-state index in [1.165, 1.54) is 6.07 Å². The van der Waals surface area contributed by atoms with Crippen LogP contribution in [0, 0.1) is 6.92 Å². The lowest BCUT2D eigenvalue weighted by Crippen LogP contribution is -2.14. The maximum Gasteiger partial charge on any atom is 0.419 e. The molecule has 8 heteroatoms. The molecule has 4 aromatic rings. The van der Waals surface area contributed by atoms with Crippen molar-refractivity contribution in [3.05, 3.63) is 83.7 Å². The fourth-order valence-electron chi connectivity index (χ4n) is 3.24. The lowest BCUT2D eigenvalue weighted by Gasteiger charge is -2.13. The van der Waals surface area contributed by atoms with E-state index in [1.54, 1.807) is 24.3 Å². The van der Waals surface area contributed by atoms with Crippen LogP contribution in [0.4, 0.5) is 18.9 Å². The Bertz CT molecular complexity index is 1260. The Balaban J connectivity index is 1.54. The highest BCUT2D eigenvalue weighted by atomic mass is 19.4. The normalized spacial score (nSPS) is 11.5. The number of methoxy groups -OCH3 is 1. The molecule has 5 nitrogen and oxygen atoms in total. The summed E-state index contributed by atoms with van der Waals surface area (Å²) >= 11 is 0. The van der Waals surface area contributed by atoms with Crippen LogP contribution in [0.3, 0.4) is 0 Å². The molecule has 0 atom stereocenters. The zero-order valence-corrected chi connectivity index (χ0v) is 16.7. The van der Waals surface area contributed by atoms with Crippen LogP contribution >= 0.6 is 0 Å². The maximum absolute atomic E-state index is 13.2. The van der Waals surface area contributed by atoms with E-state index in [4.69, 9.17) is 4.74 Å². The number of amides is 1. The van der Waals surface area contributed by atoms with Gasteiger partial charge in [-0.3, -0.25) is 4.79 Å². The van der Waals surface area contributed by atoms with Crippen molar-refractivity contribution in [1.82, 2.24) is 9.38 Å². The number of halogens is 3. The summed E-state index contributed by atoms with van der Waals surface area (Å²) in [5.74, 6) is -0.986.